The first kappa shape index (κ1) is 14.7. The Balaban J connectivity index is 2.19. The zero-order chi connectivity index (χ0) is 14.8. The lowest BCUT2D eigenvalue weighted by Gasteiger charge is -2.16. The molecular weight excluding hydrogens is 294 g/mol. The van der Waals surface area contributed by atoms with Crippen molar-refractivity contribution in [3.05, 3.63) is 58.9 Å². The molecule has 0 saturated heterocycles. The van der Waals surface area contributed by atoms with E-state index in [9.17, 15) is 17.3 Å². The van der Waals surface area contributed by atoms with Crippen molar-refractivity contribution in [2.45, 2.75) is 6.61 Å². The van der Waals surface area contributed by atoms with Crippen LogP contribution in [0.25, 0.3) is 0 Å². The van der Waals surface area contributed by atoms with Gasteiger partial charge in [-0.1, -0.05) is 35.9 Å². The Labute approximate surface area is 118 Å². The average molecular weight is 303 g/mol. The third kappa shape index (κ3) is 3.45. The Morgan fingerprint density at radius 1 is 1.05 bits per heavy atom. The summed E-state index contributed by atoms with van der Waals surface area (Å²) in [4.78, 5) is 0. The molecule has 0 amide bonds. The maximum absolute atomic E-state index is 13.4. The molecule has 0 aliphatic heterocycles. The van der Waals surface area contributed by atoms with E-state index in [4.69, 9.17) is 16.3 Å². The first-order valence-corrected chi connectivity index (χ1v) is 6.11. The maximum atomic E-state index is 13.4. The number of hydrogen-bond acceptors (Lipinski definition) is 1. The molecule has 0 aromatic heterocycles. The molecule has 106 valence electrons. The highest BCUT2D eigenvalue weighted by Gasteiger charge is 2.26. The topological polar surface area (TPSA) is 9.23 Å². The SMILES string of the molecule is Fc1ccc([B-](F)(F)F)cc1OCc1ccccc1Cl. The van der Waals surface area contributed by atoms with Crippen LogP contribution in [0.3, 0.4) is 0 Å². The molecule has 0 fully saturated rings. The molecule has 1 nitrogen and oxygen atoms in total. The molecule has 0 aliphatic carbocycles. The number of rotatable bonds is 4. The van der Waals surface area contributed by atoms with Gasteiger partial charge in [0.1, 0.15) is 6.61 Å². The van der Waals surface area contributed by atoms with Gasteiger partial charge in [-0.2, -0.15) is 0 Å². The van der Waals surface area contributed by atoms with Gasteiger partial charge in [0.2, 0.25) is 0 Å². The van der Waals surface area contributed by atoms with Gasteiger partial charge in [0, 0.05) is 10.6 Å². The maximum Gasteiger partial charge on any atom is 0.509 e. The van der Waals surface area contributed by atoms with Crippen LogP contribution in [-0.2, 0) is 6.61 Å². The van der Waals surface area contributed by atoms with Crippen molar-refractivity contribution in [1.29, 1.82) is 0 Å². The molecule has 0 aliphatic rings. The monoisotopic (exact) mass is 303 g/mol. The Hall–Kier alpha value is -1.69. The van der Waals surface area contributed by atoms with Gasteiger partial charge in [-0.3, -0.25) is 0 Å². The quantitative estimate of drug-likeness (QED) is 0.610. The molecule has 0 unspecified atom stereocenters. The highest BCUT2D eigenvalue weighted by molar-refractivity contribution is 6.73. The Kier molecular flexibility index (Phi) is 4.23. The molecule has 20 heavy (non-hydrogen) atoms. The lowest BCUT2D eigenvalue weighted by Crippen LogP contribution is -2.34. The summed E-state index contributed by atoms with van der Waals surface area (Å²) >= 11 is 5.88. The van der Waals surface area contributed by atoms with E-state index in [1.807, 2.05) is 0 Å². The van der Waals surface area contributed by atoms with Gasteiger partial charge in [0.25, 0.3) is 0 Å². The summed E-state index contributed by atoms with van der Waals surface area (Å²) in [6.07, 6.45) is 0. The van der Waals surface area contributed by atoms with Crippen LogP contribution in [-0.4, -0.2) is 6.98 Å². The van der Waals surface area contributed by atoms with Crippen LogP contribution in [0.1, 0.15) is 5.56 Å². The molecule has 2 aromatic carbocycles. The molecule has 2 rings (SSSR count). The molecule has 0 N–H and O–H groups in total. The molecule has 0 saturated carbocycles. The van der Waals surface area contributed by atoms with E-state index in [0.29, 0.717) is 22.7 Å². The van der Waals surface area contributed by atoms with Gasteiger partial charge in [0.15, 0.2) is 11.6 Å². The van der Waals surface area contributed by atoms with E-state index in [1.165, 1.54) is 0 Å². The number of halogens is 5. The Morgan fingerprint density at radius 3 is 2.40 bits per heavy atom. The molecule has 7 heteroatoms. The van der Waals surface area contributed by atoms with Crippen LogP contribution in [0.5, 0.6) is 5.75 Å². The second-order valence-electron chi connectivity index (χ2n) is 4.14. The van der Waals surface area contributed by atoms with Crippen LogP contribution in [0.15, 0.2) is 42.5 Å². The van der Waals surface area contributed by atoms with Gasteiger partial charge in [-0.15, -0.1) is 5.46 Å². The van der Waals surface area contributed by atoms with Crippen molar-refractivity contribution in [2.75, 3.05) is 0 Å². The summed E-state index contributed by atoms with van der Waals surface area (Å²) in [5.74, 6) is -1.29. The first-order chi connectivity index (χ1) is 9.38. The molecule has 0 atom stereocenters. The molecule has 0 radical (unpaired) electrons. The lowest BCUT2D eigenvalue weighted by atomic mass is 9.80. The summed E-state index contributed by atoms with van der Waals surface area (Å²) in [5.41, 5.74) is -0.336. The summed E-state index contributed by atoms with van der Waals surface area (Å²) < 4.78 is 56.3. The number of hydrogen-bond donors (Lipinski definition) is 0. The van der Waals surface area contributed by atoms with Crippen LogP contribution >= 0.6 is 11.6 Å². The summed E-state index contributed by atoms with van der Waals surface area (Å²) in [7, 11) is 0. The van der Waals surface area contributed by atoms with Crippen LogP contribution in [0.4, 0.5) is 17.3 Å². The Bertz CT molecular complexity index is 616. The van der Waals surface area contributed by atoms with E-state index < -0.39 is 24.0 Å². The van der Waals surface area contributed by atoms with Gasteiger partial charge >= 0.3 is 6.98 Å². The van der Waals surface area contributed by atoms with Gasteiger partial charge in [0.05, 0.1) is 0 Å². The third-order valence-corrected chi connectivity index (χ3v) is 3.04. The fourth-order valence-corrected chi connectivity index (χ4v) is 1.80. The molecule has 2 aromatic rings. The minimum Gasteiger partial charge on any atom is -0.486 e. The van der Waals surface area contributed by atoms with Gasteiger partial charge in [-0.05, 0) is 18.2 Å². The van der Waals surface area contributed by atoms with Crippen molar-refractivity contribution in [3.8, 4) is 5.75 Å². The van der Waals surface area contributed by atoms with Gasteiger partial charge < -0.3 is 17.7 Å². The molecule has 0 bridgehead atoms. The van der Waals surface area contributed by atoms with E-state index in [0.717, 1.165) is 6.07 Å². The molecular formula is C13H9BClF4O-. The summed E-state index contributed by atoms with van der Waals surface area (Å²) in [5, 5.41) is 0.407. The van der Waals surface area contributed by atoms with E-state index >= 15 is 0 Å². The van der Waals surface area contributed by atoms with Crippen LogP contribution in [0, 0.1) is 5.82 Å². The second kappa shape index (κ2) is 5.75. The fraction of sp³-hybridized carbons (Fsp3) is 0.0769. The predicted octanol–water partition coefficient (Wildman–Crippen LogP) is 4.11. The van der Waals surface area contributed by atoms with Crippen molar-refractivity contribution in [2.24, 2.45) is 0 Å². The van der Waals surface area contributed by atoms with E-state index in [2.05, 4.69) is 0 Å². The Morgan fingerprint density at radius 2 is 1.75 bits per heavy atom. The standard InChI is InChI=1S/C13H9BClF4O/c15-11-4-2-1-3-9(11)8-20-13-7-10(14(17,18)19)5-6-12(13)16/h1-7H,8H2/q-1. The number of benzene rings is 2. The molecule has 0 spiro atoms. The molecule has 0 heterocycles. The highest BCUT2D eigenvalue weighted by atomic mass is 35.5. The predicted molar refractivity (Wildman–Crippen MR) is 70.9 cm³/mol. The van der Waals surface area contributed by atoms with E-state index in [1.54, 1.807) is 24.3 Å². The summed E-state index contributed by atoms with van der Waals surface area (Å²) in [6, 6.07) is 8.77. The second-order valence-corrected chi connectivity index (χ2v) is 4.55. The highest BCUT2D eigenvalue weighted by Crippen LogP contribution is 2.22. The van der Waals surface area contributed by atoms with Crippen molar-refractivity contribution < 1.29 is 22.1 Å². The smallest absolute Gasteiger partial charge is 0.486 e. The van der Waals surface area contributed by atoms with Crippen LogP contribution in [0.2, 0.25) is 5.02 Å². The van der Waals surface area contributed by atoms with E-state index in [-0.39, 0.29) is 6.61 Å². The number of ether oxygens (including phenoxy) is 1. The average Bonchev–Trinajstić information content (AvgIpc) is 2.38. The zero-order valence-electron chi connectivity index (χ0n) is 10.1. The van der Waals surface area contributed by atoms with Crippen molar-refractivity contribution in [3.63, 3.8) is 0 Å². The fourth-order valence-electron chi connectivity index (χ4n) is 1.61. The first-order valence-electron chi connectivity index (χ1n) is 5.73. The largest absolute Gasteiger partial charge is 0.509 e. The minimum absolute atomic E-state index is 0.106. The minimum atomic E-state index is -5.19. The lowest BCUT2D eigenvalue weighted by molar-refractivity contribution is 0.290. The van der Waals surface area contributed by atoms with Crippen LogP contribution < -0.4 is 10.2 Å². The van der Waals surface area contributed by atoms with Gasteiger partial charge in [-0.25, -0.2) is 4.39 Å². The zero-order valence-corrected chi connectivity index (χ0v) is 10.9. The normalized spacial score (nSPS) is 11.4. The third-order valence-electron chi connectivity index (χ3n) is 2.67. The summed E-state index contributed by atoms with van der Waals surface area (Å²) in [6.45, 7) is -5.30. The van der Waals surface area contributed by atoms with Crippen molar-refractivity contribution >= 4 is 24.0 Å². The van der Waals surface area contributed by atoms with Crippen molar-refractivity contribution in [1.82, 2.24) is 0 Å².